The van der Waals surface area contributed by atoms with Gasteiger partial charge < -0.3 is 26.0 Å². The molecule has 5 nitrogen and oxygen atoms in total. The molecule has 3 aliphatic rings. The lowest BCUT2D eigenvalue weighted by atomic mass is 9.88. The molecule has 0 radical (unpaired) electrons. The van der Waals surface area contributed by atoms with Gasteiger partial charge in [-0.25, -0.2) is 8.78 Å². The third-order valence-electron chi connectivity index (χ3n) is 5.27. The van der Waals surface area contributed by atoms with Crippen molar-refractivity contribution in [2.75, 3.05) is 5.73 Å². The van der Waals surface area contributed by atoms with Crippen LogP contribution < -0.4 is 5.73 Å². The van der Waals surface area contributed by atoms with Crippen LogP contribution in [-0.4, -0.2) is 32.7 Å². The first-order valence-corrected chi connectivity index (χ1v) is 8.72. The zero-order valence-corrected chi connectivity index (χ0v) is 14.7. The lowest BCUT2D eigenvalue weighted by Crippen LogP contribution is -2.40. The van der Waals surface area contributed by atoms with Gasteiger partial charge in [0.15, 0.2) is 12.5 Å². The number of anilines is 1. The second-order valence-corrected chi connectivity index (χ2v) is 7.09. The molecule has 0 bridgehead atoms. The maximum absolute atomic E-state index is 14.5. The minimum absolute atomic E-state index is 0.0872. The van der Waals surface area contributed by atoms with E-state index < -0.39 is 24.2 Å². The zero-order valence-electron chi connectivity index (χ0n) is 14.7. The fourth-order valence-electron chi connectivity index (χ4n) is 3.70. The van der Waals surface area contributed by atoms with Crippen molar-refractivity contribution in [3.8, 4) is 0 Å². The number of aliphatic hydroxyl groups excluding tert-OH is 2. The van der Waals surface area contributed by atoms with Gasteiger partial charge in [0.1, 0.15) is 11.6 Å². The van der Waals surface area contributed by atoms with Gasteiger partial charge in [0.05, 0.1) is 11.4 Å². The maximum Gasteiger partial charge on any atom is 0.179 e. The molecule has 1 aromatic carbocycles. The van der Waals surface area contributed by atoms with E-state index in [4.69, 9.17) is 5.73 Å². The number of fused-ring (bicyclic) bond motifs is 1. The number of rotatable bonds is 3. The summed E-state index contributed by atoms with van der Waals surface area (Å²) in [5, 5.41) is 29.7. The van der Waals surface area contributed by atoms with E-state index in [0.717, 1.165) is 30.5 Å². The molecular formula is C20H20F2N2O3. The predicted molar refractivity (Wildman–Crippen MR) is 96.4 cm³/mol. The van der Waals surface area contributed by atoms with Crippen molar-refractivity contribution in [3.63, 3.8) is 0 Å². The highest BCUT2D eigenvalue weighted by molar-refractivity contribution is 5.82. The summed E-state index contributed by atoms with van der Waals surface area (Å²) < 4.78 is 28.4. The molecule has 0 spiro atoms. The smallest absolute Gasteiger partial charge is 0.179 e. The number of benzene rings is 1. The number of aliphatic hydroxyl groups is 3. The fraction of sp³-hybridized carbons (Fsp3) is 0.300. The molecule has 27 heavy (non-hydrogen) atoms. The van der Waals surface area contributed by atoms with E-state index in [9.17, 15) is 24.1 Å². The van der Waals surface area contributed by atoms with Crippen LogP contribution in [0.25, 0.3) is 5.57 Å². The van der Waals surface area contributed by atoms with Crippen LogP contribution in [0.1, 0.15) is 25.3 Å². The first kappa shape index (κ1) is 17.9. The van der Waals surface area contributed by atoms with Gasteiger partial charge in [0, 0.05) is 23.4 Å². The summed E-state index contributed by atoms with van der Waals surface area (Å²) in [6, 6.07) is 2.02. The minimum Gasteiger partial charge on any atom is -0.396 e. The zero-order chi connectivity index (χ0) is 19.5. The van der Waals surface area contributed by atoms with Crippen molar-refractivity contribution in [1.29, 1.82) is 0 Å². The van der Waals surface area contributed by atoms with Gasteiger partial charge in [-0.05, 0) is 60.6 Å². The Balaban J connectivity index is 1.91. The summed E-state index contributed by atoms with van der Waals surface area (Å²) in [7, 11) is 0. The summed E-state index contributed by atoms with van der Waals surface area (Å²) in [5.41, 5.74) is 8.06. The van der Waals surface area contributed by atoms with Gasteiger partial charge >= 0.3 is 0 Å². The van der Waals surface area contributed by atoms with Crippen molar-refractivity contribution in [2.24, 2.45) is 5.92 Å². The number of nitrogens with two attached hydrogens (primary N) is 1. The molecule has 1 fully saturated rings. The van der Waals surface area contributed by atoms with E-state index in [0.29, 0.717) is 16.8 Å². The fourth-order valence-corrected chi connectivity index (χ4v) is 3.70. The SMILES string of the molecule is CC1=C(c2cc(F)c(N)cc2F)C=CN2C1=C(C1CC1)C=C(C(O)O)C2O. The Morgan fingerprint density at radius 3 is 2.52 bits per heavy atom. The topological polar surface area (TPSA) is 90.0 Å². The van der Waals surface area contributed by atoms with Crippen LogP contribution in [0.5, 0.6) is 0 Å². The highest BCUT2D eigenvalue weighted by Gasteiger charge is 2.38. The number of nitrogen functional groups attached to an aromatic ring is 1. The summed E-state index contributed by atoms with van der Waals surface area (Å²) in [6.45, 7) is 1.78. The number of hydrogen-bond donors (Lipinski definition) is 4. The molecule has 5 N–H and O–H groups in total. The lowest BCUT2D eigenvalue weighted by molar-refractivity contribution is -0.0410. The molecule has 4 rings (SSSR count). The maximum atomic E-state index is 14.5. The van der Waals surface area contributed by atoms with Crippen molar-refractivity contribution in [1.82, 2.24) is 4.90 Å². The quantitative estimate of drug-likeness (QED) is 0.482. The van der Waals surface area contributed by atoms with Gasteiger partial charge in [0.25, 0.3) is 0 Å². The van der Waals surface area contributed by atoms with Crippen molar-refractivity contribution in [2.45, 2.75) is 32.3 Å². The molecule has 0 amide bonds. The standard InChI is InChI=1S/C20H20F2N2O3/c1-9-11(13-7-16(22)17(23)8-15(13)21)4-5-24-18(9)12(10-2-3-10)6-14(19(24)25)20(26)27/h4-8,10,19-20,25-27H,2-3,23H2,1H3. The average Bonchev–Trinajstić information content (AvgIpc) is 3.44. The molecule has 1 saturated carbocycles. The lowest BCUT2D eigenvalue weighted by Gasteiger charge is -2.39. The van der Waals surface area contributed by atoms with E-state index >= 15 is 0 Å². The highest BCUT2D eigenvalue weighted by Crippen LogP contribution is 2.47. The molecule has 0 saturated heterocycles. The summed E-state index contributed by atoms with van der Waals surface area (Å²) in [4.78, 5) is 1.53. The molecule has 1 aliphatic carbocycles. The molecule has 142 valence electrons. The molecule has 0 aromatic heterocycles. The molecule has 7 heteroatoms. The van der Waals surface area contributed by atoms with Crippen LogP contribution in [0.3, 0.4) is 0 Å². The summed E-state index contributed by atoms with van der Waals surface area (Å²) in [6.07, 6.45) is 3.61. The van der Waals surface area contributed by atoms with Crippen molar-refractivity contribution in [3.05, 3.63) is 70.1 Å². The number of halogens is 2. The molecule has 1 aromatic rings. The van der Waals surface area contributed by atoms with Crippen LogP contribution in [0.2, 0.25) is 0 Å². The Labute approximate surface area is 155 Å². The summed E-state index contributed by atoms with van der Waals surface area (Å²) in [5.74, 6) is -1.10. The second-order valence-electron chi connectivity index (χ2n) is 7.09. The van der Waals surface area contributed by atoms with Gasteiger partial charge in [-0.3, -0.25) is 0 Å². The molecule has 2 aliphatic heterocycles. The van der Waals surface area contributed by atoms with Gasteiger partial charge in [-0.2, -0.15) is 0 Å². The van der Waals surface area contributed by atoms with Crippen LogP contribution in [-0.2, 0) is 0 Å². The third-order valence-corrected chi connectivity index (χ3v) is 5.27. The van der Waals surface area contributed by atoms with E-state index in [-0.39, 0.29) is 22.7 Å². The number of allylic oxidation sites excluding steroid dienone is 5. The second kappa shape index (κ2) is 6.30. The highest BCUT2D eigenvalue weighted by atomic mass is 19.1. The van der Waals surface area contributed by atoms with E-state index in [1.807, 2.05) is 0 Å². The number of hydrogen-bond acceptors (Lipinski definition) is 5. The monoisotopic (exact) mass is 374 g/mol. The molecule has 1 atom stereocenters. The number of nitrogens with zero attached hydrogens (tertiary/aromatic N) is 1. The first-order chi connectivity index (χ1) is 12.8. The predicted octanol–water partition coefficient (Wildman–Crippen LogP) is 2.38. The van der Waals surface area contributed by atoms with Gasteiger partial charge in [-0.15, -0.1) is 0 Å². The molecular weight excluding hydrogens is 354 g/mol. The van der Waals surface area contributed by atoms with E-state index in [1.54, 1.807) is 25.3 Å². The Kier molecular flexibility index (Phi) is 4.18. The van der Waals surface area contributed by atoms with Crippen LogP contribution >= 0.6 is 0 Å². The first-order valence-electron chi connectivity index (χ1n) is 8.72. The largest absolute Gasteiger partial charge is 0.396 e. The molecule has 1 unspecified atom stereocenters. The Morgan fingerprint density at radius 1 is 1.19 bits per heavy atom. The van der Waals surface area contributed by atoms with Crippen molar-refractivity contribution >= 4 is 11.3 Å². The van der Waals surface area contributed by atoms with Crippen molar-refractivity contribution < 1.29 is 24.1 Å². The van der Waals surface area contributed by atoms with E-state index in [1.165, 1.54) is 4.90 Å². The van der Waals surface area contributed by atoms with E-state index in [2.05, 4.69) is 0 Å². The molecule has 2 heterocycles. The Morgan fingerprint density at radius 2 is 1.89 bits per heavy atom. The van der Waals surface area contributed by atoms with Crippen LogP contribution in [0, 0.1) is 17.6 Å². The van der Waals surface area contributed by atoms with Crippen LogP contribution in [0.4, 0.5) is 14.5 Å². The van der Waals surface area contributed by atoms with Gasteiger partial charge in [-0.1, -0.05) is 0 Å². The third kappa shape index (κ3) is 2.88. The minimum atomic E-state index is -1.78. The summed E-state index contributed by atoms with van der Waals surface area (Å²) >= 11 is 0. The average molecular weight is 374 g/mol. The van der Waals surface area contributed by atoms with Crippen LogP contribution in [0.15, 0.2) is 52.9 Å². The Bertz CT molecular complexity index is 943. The van der Waals surface area contributed by atoms with Gasteiger partial charge in [0.2, 0.25) is 0 Å². The Hall–Kier alpha value is -2.48. The normalized spacial score (nSPS) is 22.6.